The van der Waals surface area contributed by atoms with Gasteiger partial charge in [-0.25, -0.2) is 0 Å². The lowest BCUT2D eigenvalue weighted by Crippen LogP contribution is -2.52. The fourth-order valence-electron chi connectivity index (χ4n) is 4.02. The molecule has 0 bridgehead atoms. The Hall–Kier alpha value is -0.160. The van der Waals surface area contributed by atoms with Gasteiger partial charge in [-0.3, -0.25) is 4.90 Å². The van der Waals surface area contributed by atoms with E-state index in [1.165, 1.54) is 19.3 Å². The lowest BCUT2D eigenvalue weighted by molar-refractivity contribution is -0.00461. The molecule has 1 heterocycles. The first-order valence-electron chi connectivity index (χ1n) is 8.07. The van der Waals surface area contributed by atoms with Crippen LogP contribution in [-0.4, -0.2) is 63.5 Å². The highest BCUT2D eigenvalue weighted by atomic mass is 16.5. The smallest absolute Gasteiger partial charge is 0.0971 e. The van der Waals surface area contributed by atoms with Crippen LogP contribution in [0, 0.1) is 11.8 Å². The van der Waals surface area contributed by atoms with Gasteiger partial charge in [0.2, 0.25) is 0 Å². The predicted molar refractivity (Wildman–Crippen MR) is 82.0 cm³/mol. The Morgan fingerprint density at radius 1 is 1.05 bits per heavy atom. The number of nitrogens with one attached hydrogen (secondary N) is 1. The number of ether oxygens (including phenoxy) is 2. The molecule has 1 N–H and O–H groups in total. The van der Waals surface area contributed by atoms with Gasteiger partial charge < -0.3 is 14.8 Å². The largest absolute Gasteiger partial charge is 0.377 e. The Balaban J connectivity index is 2.04. The summed E-state index contributed by atoms with van der Waals surface area (Å²) in [6, 6.07) is 1.23. The van der Waals surface area contributed by atoms with Crippen LogP contribution in [-0.2, 0) is 9.47 Å². The molecule has 20 heavy (non-hydrogen) atoms. The molecule has 1 aliphatic heterocycles. The van der Waals surface area contributed by atoms with Gasteiger partial charge in [-0.1, -0.05) is 13.8 Å². The van der Waals surface area contributed by atoms with Gasteiger partial charge in [-0.05, 0) is 38.1 Å². The number of hydrogen-bond donors (Lipinski definition) is 1. The summed E-state index contributed by atoms with van der Waals surface area (Å²) in [5, 5.41) is 3.53. The van der Waals surface area contributed by atoms with E-state index in [1.54, 1.807) is 14.2 Å². The minimum Gasteiger partial charge on any atom is -0.377 e. The topological polar surface area (TPSA) is 33.7 Å². The molecule has 118 valence electrons. The van der Waals surface area contributed by atoms with Crippen molar-refractivity contribution in [2.45, 2.75) is 57.4 Å². The summed E-state index contributed by atoms with van der Waals surface area (Å²) in [5.74, 6) is 1.64. The number of hydrogen-bond acceptors (Lipinski definition) is 4. The third kappa shape index (κ3) is 3.35. The van der Waals surface area contributed by atoms with Crippen LogP contribution in [0.1, 0.15) is 33.1 Å². The molecule has 4 nitrogen and oxygen atoms in total. The average Bonchev–Trinajstić information content (AvgIpc) is 2.89. The summed E-state index contributed by atoms with van der Waals surface area (Å²) >= 11 is 0. The van der Waals surface area contributed by atoms with Crippen LogP contribution < -0.4 is 5.32 Å². The number of nitrogens with zero attached hydrogens (tertiary/aromatic N) is 1. The van der Waals surface area contributed by atoms with Crippen LogP contribution in [0.25, 0.3) is 0 Å². The molecule has 1 aliphatic carbocycles. The first-order chi connectivity index (χ1) is 9.60. The normalized spacial score (nSPS) is 39.6. The second-order valence-corrected chi connectivity index (χ2v) is 6.78. The van der Waals surface area contributed by atoms with E-state index in [4.69, 9.17) is 9.47 Å². The zero-order valence-corrected chi connectivity index (χ0v) is 13.8. The second kappa shape index (κ2) is 7.21. The Morgan fingerprint density at radius 2 is 1.65 bits per heavy atom. The molecular formula is C16H32N2O2. The van der Waals surface area contributed by atoms with E-state index < -0.39 is 0 Å². The number of likely N-dealkylation sites (N-methyl/N-ethyl adjacent to an activating group) is 1. The van der Waals surface area contributed by atoms with Crippen LogP contribution >= 0.6 is 0 Å². The van der Waals surface area contributed by atoms with Crippen LogP contribution in [0.4, 0.5) is 0 Å². The Morgan fingerprint density at radius 3 is 2.10 bits per heavy atom. The molecule has 5 atom stereocenters. The maximum atomic E-state index is 5.59. The number of rotatable bonds is 5. The highest BCUT2D eigenvalue weighted by Gasteiger charge is 2.41. The van der Waals surface area contributed by atoms with Gasteiger partial charge in [0, 0.05) is 39.4 Å². The fraction of sp³-hybridized carbons (Fsp3) is 1.00. The van der Waals surface area contributed by atoms with Crippen LogP contribution in [0.5, 0.6) is 0 Å². The van der Waals surface area contributed by atoms with Gasteiger partial charge in [-0.2, -0.15) is 0 Å². The van der Waals surface area contributed by atoms with Gasteiger partial charge in [0.1, 0.15) is 0 Å². The third-order valence-corrected chi connectivity index (χ3v) is 5.49. The number of methoxy groups -OCH3 is 2. The fourth-order valence-corrected chi connectivity index (χ4v) is 4.02. The standard InChI is InChI=1S/C16H32N2O2/c1-11(2)12-6-7-13(17-3)14(8-12)18-9-15(19-4)16(10-18)20-5/h11-17H,6-10H2,1-5H3. The summed E-state index contributed by atoms with van der Waals surface area (Å²) in [4.78, 5) is 2.60. The quantitative estimate of drug-likeness (QED) is 0.834. The lowest BCUT2D eigenvalue weighted by atomic mass is 9.76. The van der Waals surface area contributed by atoms with E-state index >= 15 is 0 Å². The molecule has 0 spiro atoms. The molecule has 5 unspecified atom stereocenters. The van der Waals surface area contributed by atoms with Gasteiger partial charge in [-0.15, -0.1) is 0 Å². The second-order valence-electron chi connectivity index (χ2n) is 6.78. The van der Waals surface area contributed by atoms with E-state index in [9.17, 15) is 0 Å². The summed E-state index contributed by atoms with van der Waals surface area (Å²) < 4.78 is 11.2. The predicted octanol–water partition coefficient (Wildman–Crippen LogP) is 1.74. The average molecular weight is 284 g/mol. The van der Waals surface area contributed by atoms with Crippen LogP contribution in [0.2, 0.25) is 0 Å². The van der Waals surface area contributed by atoms with Crippen molar-refractivity contribution in [3.63, 3.8) is 0 Å². The van der Waals surface area contributed by atoms with Crippen molar-refractivity contribution < 1.29 is 9.47 Å². The SMILES string of the molecule is CNC1CCC(C(C)C)CC1N1CC(OC)C(OC)C1. The zero-order chi connectivity index (χ0) is 14.7. The highest BCUT2D eigenvalue weighted by molar-refractivity contribution is 4.97. The van der Waals surface area contributed by atoms with E-state index in [1.807, 2.05) is 0 Å². The van der Waals surface area contributed by atoms with Crippen LogP contribution in [0.15, 0.2) is 0 Å². The van der Waals surface area contributed by atoms with Crippen molar-refractivity contribution in [2.24, 2.45) is 11.8 Å². The molecule has 0 aromatic rings. The molecule has 0 aromatic carbocycles. The Bertz CT molecular complexity index is 286. The summed E-state index contributed by atoms with van der Waals surface area (Å²) in [7, 11) is 5.70. The molecule has 2 rings (SSSR count). The molecule has 1 saturated carbocycles. The number of likely N-dealkylation sites (tertiary alicyclic amines) is 1. The van der Waals surface area contributed by atoms with Crippen molar-refractivity contribution in [3.05, 3.63) is 0 Å². The molecule has 0 radical (unpaired) electrons. The van der Waals surface area contributed by atoms with E-state index in [2.05, 4.69) is 31.1 Å². The molecule has 4 heteroatoms. The van der Waals surface area contributed by atoms with Gasteiger partial charge in [0.25, 0.3) is 0 Å². The molecule has 0 amide bonds. The molecule has 2 aliphatic rings. The van der Waals surface area contributed by atoms with E-state index in [0.717, 1.165) is 24.9 Å². The molecule has 2 fully saturated rings. The molecular weight excluding hydrogens is 252 g/mol. The zero-order valence-electron chi connectivity index (χ0n) is 13.8. The van der Waals surface area contributed by atoms with Crippen molar-refractivity contribution in [2.75, 3.05) is 34.4 Å². The van der Waals surface area contributed by atoms with E-state index in [-0.39, 0.29) is 12.2 Å². The molecule has 1 saturated heterocycles. The van der Waals surface area contributed by atoms with Crippen LogP contribution in [0.3, 0.4) is 0 Å². The molecule has 0 aromatic heterocycles. The van der Waals surface area contributed by atoms with Crippen molar-refractivity contribution in [3.8, 4) is 0 Å². The first-order valence-corrected chi connectivity index (χ1v) is 8.07. The highest BCUT2D eigenvalue weighted by Crippen LogP contribution is 2.34. The summed E-state index contributed by atoms with van der Waals surface area (Å²) in [6.07, 6.45) is 4.38. The van der Waals surface area contributed by atoms with E-state index in [0.29, 0.717) is 12.1 Å². The van der Waals surface area contributed by atoms with Crippen molar-refractivity contribution in [1.82, 2.24) is 10.2 Å². The monoisotopic (exact) mass is 284 g/mol. The maximum absolute atomic E-state index is 5.59. The van der Waals surface area contributed by atoms with Gasteiger partial charge in [0.05, 0.1) is 12.2 Å². The maximum Gasteiger partial charge on any atom is 0.0971 e. The first kappa shape index (κ1) is 16.2. The third-order valence-electron chi connectivity index (χ3n) is 5.49. The van der Waals surface area contributed by atoms with Crippen molar-refractivity contribution in [1.29, 1.82) is 0 Å². The Labute approximate surface area is 124 Å². The Kier molecular flexibility index (Phi) is 5.84. The van der Waals surface area contributed by atoms with Gasteiger partial charge >= 0.3 is 0 Å². The summed E-state index contributed by atoms with van der Waals surface area (Å²) in [5.41, 5.74) is 0. The van der Waals surface area contributed by atoms with Crippen molar-refractivity contribution >= 4 is 0 Å². The minimum absolute atomic E-state index is 0.219. The minimum atomic E-state index is 0.219. The van der Waals surface area contributed by atoms with Gasteiger partial charge in [0.15, 0.2) is 0 Å². The lowest BCUT2D eigenvalue weighted by Gasteiger charge is -2.42. The summed E-state index contributed by atoms with van der Waals surface area (Å²) in [6.45, 7) is 6.73.